The number of aliphatic hydroxyl groups excluding tert-OH is 1. The predicted octanol–water partition coefficient (Wildman–Crippen LogP) is -0.0265. The first-order chi connectivity index (χ1) is 6.13. The smallest absolute Gasteiger partial charge is 0.333 e. The predicted molar refractivity (Wildman–Crippen MR) is 43.2 cm³/mol. The maximum absolute atomic E-state index is 10.6. The van der Waals surface area contributed by atoms with Gasteiger partial charge in [0.1, 0.15) is 0 Å². The van der Waals surface area contributed by atoms with Gasteiger partial charge in [-0.05, 0) is 6.92 Å². The van der Waals surface area contributed by atoms with E-state index >= 15 is 0 Å². The van der Waals surface area contributed by atoms with E-state index in [-0.39, 0.29) is 6.42 Å². The zero-order chi connectivity index (χ0) is 9.84. The van der Waals surface area contributed by atoms with Gasteiger partial charge in [-0.15, -0.1) is 0 Å². The van der Waals surface area contributed by atoms with Gasteiger partial charge in [0.25, 0.3) is 0 Å². The van der Waals surface area contributed by atoms with Gasteiger partial charge >= 0.3 is 5.97 Å². The molecule has 1 saturated heterocycles. The summed E-state index contributed by atoms with van der Waals surface area (Å²) in [4.78, 5) is 10.6. The molecule has 1 unspecified atom stereocenters. The van der Waals surface area contributed by atoms with Crippen LogP contribution in [0.2, 0.25) is 0 Å². The van der Waals surface area contributed by atoms with E-state index in [9.17, 15) is 9.90 Å². The Balaban J connectivity index is 2.47. The maximum Gasteiger partial charge on any atom is 0.333 e. The number of carbonyl (C=O) groups is 1. The molecule has 0 aromatic rings. The van der Waals surface area contributed by atoms with Crippen LogP contribution in [0.1, 0.15) is 19.8 Å². The molecule has 0 aromatic heterocycles. The van der Waals surface area contributed by atoms with Gasteiger partial charge in [-0.25, -0.2) is 4.79 Å². The molecule has 2 N–H and O–H groups in total. The number of carboxylic acids is 1. The minimum atomic E-state index is -1.05. The first-order valence-electron chi connectivity index (χ1n) is 4.31. The van der Waals surface area contributed by atoms with Crippen molar-refractivity contribution in [1.82, 2.24) is 0 Å². The van der Waals surface area contributed by atoms with Crippen molar-refractivity contribution in [2.45, 2.75) is 38.3 Å². The number of hydrogen-bond donors (Lipinski definition) is 2. The van der Waals surface area contributed by atoms with Crippen LogP contribution in [-0.4, -0.2) is 41.3 Å². The van der Waals surface area contributed by atoms with Gasteiger partial charge in [-0.3, -0.25) is 0 Å². The van der Waals surface area contributed by atoms with Crippen LogP contribution in [0.15, 0.2) is 0 Å². The summed E-state index contributed by atoms with van der Waals surface area (Å²) in [5.74, 6) is -1.05. The Kier molecular flexibility index (Phi) is 3.65. The number of ether oxygens (including phenoxy) is 2. The van der Waals surface area contributed by atoms with Crippen LogP contribution >= 0.6 is 0 Å². The minimum Gasteiger partial charge on any atom is -0.479 e. The number of aliphatic carboxylic acids is 1. The lowest BCUT2D eigenvalue weighted by molar-refractivity contribution is -0.220. The van der Waals surface area contributed by atoms with Gasteiger partial charge in [-0.1, -0.05) is 0 Å². The third kappa shape index (κ3) is 2.95. The molecule has 1 heterocycles. The molecule has 1 rings (SSSR count). The highest BCUT2D eigenvalue weighted by Crippen LogP contribution is 2.20. The van der Waals surface area contributed by atoms with Crippen LogP contribution in [0, 0.1) is 0 Å². The molecule has 1 aliphatic heterocycles. The number of hydrogen-bond acceptors (Lipinski definition) is 4. The topological polar surface area (TPSA) is 76.0 Å². The summed E-state index contributed by atoms with van der Waals surface area (Å²) in [7, 11) is 0. The Morgan fingerprint density at radius 1 is 1.62 bits per heavy atom. The monoisotopic (exact) mass is 190 g/mol. The highest BCUT2D eigenvalue weighted by Gasteiger charge is 2.32. The summed E-state index contributed by atoms with van der Waals surface area (Å²) in [6, 6.07) is 0. The molecule has 0 aromatic carbocycles. The van der Waals surface area contributed by atoms with Crippen molar-refractivity contribution in [2.24, 2.45) is 0 Å². The molecule has 0 amide bonds. The van der Waals surface area contributed by atoms with E-state index in [4.69, 9.17) is 14.6 Å². The minimum absolute atomic E-state index is 0.138. The first kappa shape index (κ1) is 10.4. The third-order valence-corrected chi connectivity index (χ3v) is 1.89. The van der Waals surface area contributed by atoms with E-state index in [1.165, 1.54) is 0 Å². The molecular formula is C8H14O5. The first-order valence-corrected chi connectivity index (χ1v) is 4.31. The van der Waals surface area contributed by atoms with Crippen LogP contribution in [0.25, 0.3) is 0 Å². The standard InChI is InChI=1S/C8H14O5/c1-2-12-7-4-5(9)3-6(13-7)8(10)11/h5-7,9H,2-4H2,1H3,(H,10,11)/t5-,6?,7+/m0/s1. The number of rotatable bonds is 3. The average molecular weight is 190 g/mol. The summed E-state index contributed by atoms with van der Waals surface area (Å²) >= 11 is 0. The summed E-state index contributed by atoms with van der Waals surface area (Å²) < 4.78 is 10.2. The maximum atomic E-state index is 10.6. The Bertz CT molecular complexity index is 181. The molecule has 3 atom stereocenters. The zero-order valence-electron chi connectivity index (χ0n) is 7.47. The van der Waals surface area contributed by atoms with Crippen molar-refractivity contribution in [1.29, 1.82) is 0 Å². The second-order valence-electron chi connectivity index (χ2n) is 2.97. The molecule has 1 aliphatic rings. The van der Waals surface area contributed by atoms with Crippen molar-refractivity contribution in [3.8, 4) is 0 Å². The second kappa shape index (κ2) is 4.55. The van der Waals surface area contributed by atoms with Crippen LogP contribution in [0.4, 0.5) is 0 Å². The molecule has 0 bridgehead atoms. The molecule has 76 valence electrons. The molecule has 0 spiro atoms. The van der Waals surface area contributed by atoms with Gasteiger partial charge in [0.15, 0.2) is 12.4 Å². The summed E-state index contributed by atoms with van der Waals surface area (Å²) in [5, 5.41) is 18.0. The van der Waals surface area contributed by atoms with Crippen molar-refractivity contribution >= 4 is 5.97 Å². The van der Waals surface area contributed by atoms with Crippen molar-refractivity contribution in [2.75, 3.05) is 6.61 Å². The van der Waals surface area contributed by atoms with Gasteiger partial charge in [0.2, 0.25) is 0 Å². The van der Waals surface area contributed by atoms with Crippen LogP contribution in [0.5, 0.6) is 0 Å². The van der Waals surface area contributed by atoms with Crippen LogP contribution in [-0.2, 0) is 14.3 Å². The number of carboxylic acid groups (broad SMARTS) is 1. The normalized spacial score (nSPS) is 34.5. The van der Waals surface area contributed by atoms with Gasteiger partial charge < -0.3 is 19.7 Å². The lowest BCUT2D eigenvalue weighted by atomic mass is 10.1. The van der Waals surface area contributed by atoms with E-state index in [2.05, 4.69) is 0 Å². The van der Waals surface area contributed by atoms with E-state index < -0.39 is 24.5 Å². The number of aliphatic hydroxyl groups is 1. The highest BCUT2D eigenvalue weighted by molar-refractivity contribution is 5.72. The Morgan fingerprint density at radius 2 is 2.31 bits per heavy atom. The SMILES string of the molecule is CCO[C@H]1C[C@@H](O)CC(C(=O)O)O1. The molecule has 5 heteroatoms. The molecule has 13 heavy (non-hydrogen) atoms. The second-order valence-corrected chi connectivity index (χ2v) is 2.97. The molecule has 0 radical (unpaired) electrons. The Labute approximate surface area is 76.3 Å². The quantitative estimate of drug-likeness (QED) is 0.653. The fourth-order valence-corrected chi connectivity index (χ4v) is 1.31. The van der Waals surface area contributed by atoms with E-state index in [0.717, 1.165) is 0 Å². The molecule has 0 saturated carbocycles. The summed E-state index contributed by atoms with van der Waals surface area (Å²) in [6.45, 7) is 2.24. The average Bonchev–Trinajstić information content (AvgIpc) is 2.03. The zero-order valence-corrected chi connectivity index (χ0v) is 7.47. The van der Waals surface area contributed by atoms with Crippen LogP contribution in [0.3, 0.4) is 0 Å². The molecule has 1 fully saturated rings. The van der Waals surface area contributed by atoms with E-state index in [1.807, 2.05) is 0 Å². The lowest BCUT2D eigenvalue weighted by Gasteiger charge is -2.30. The fourth-order valence-electron chi connectivity index (χ4n) is 1.31. The lowest BCUT2D eigenvalue weighted by Crippen LogP contribution is -2.41. The molecular weight excluding hydrogens is 176 g/mol. The summed E-state index contributed by atoms with van der Waals surface area (Å²) in [5.41, 5.74) is 0. The van der Waals surface area contributed by atoms with Crippen molar-refractivity contribution in [3.05, 3.63) is 0 Å². The highest BCUT2D eigenvalue weighted by atomic mass is 16.7. The fraction of sp³-hybridized carbons (Fsp3) is 0.875. The Morgan fingerprint density at radius 3 is 2.85 bits per heavy atom. The van der Waals surface area contributed by atoms with Gasteiger partial charge in [-0.2, -0.15) is 0 Å². The van der Waals surface area contributed by atoms with Crippen molar-refractivity contribution < 1.29 is 24.5 Å². The third-order valence-electron chi connectivity index (χ3n) is 1.89. The van der Waals surface area contributed by atoms with E-state index in [0.29, 0.717) is 13.0 Å². The largest absolute Gasteiger partial charge is 0.479 e. The molecule has 0 aliphatic carbocycles. The Hall–Kier alpha value is -0.650. The summed E-state index contributed by atoms with van der Waals surface area (Å²) in [6.07, 6.45) is -1.70. The van der Waals surface area contributed by atoms with Crippen LogP contribution < -0.4 is 0 Å². The van der Waals surface area contributed by atoms with Gasteiger partial charge in [0.05, 0.1) is 6.10 Å². The van der Waals surface area contributed by atoms with E-state index in [1.54, 1.807) is 6.92 Å². The molecule has 5 nitrogen and oxygen atoms in total. The van der Waals surface area contributed by atoms with Crippen molar-refractivity contribution in [3.63, 3.8) is 0 Å². The van der Waals surface area contributed by atoms with Gasteiger partial charge in [0, 0.05) is 19.4 Å².